The Labute approximate surface area is 553 Å². The molecule has 3 amide bonds. The average molecular weight is 1510 g/mol. The number of benzene rings is 6. The van der Waals surface area contributed by atoms with Gasteiger partial charge in [-0.1, -0.05) is 82.6 Å². The van der Waals surface area contributed by atoms with Crippen LogP contribution < -0.4 is 32.4 Å². The number of aryl methyl sites for hydroxylation is 3. The summed E-state index contributed by atoms with van der Waals surface area (Å²) in [4.78, 5) is 69.2. The summed E-state index contributed by atoms with van der Waals surface area (Å²) in [6.07, 6.45) is 7.67. The molecular weight excluding hydrogens is 1450 g/mol. The minimum atomic E-state index is -3.27. The van der Waals surface area contributed by atoms with Gasteiger partial charge in [0.25, 0.3) is 17.7 Å². The van der Waals surface area contributed by atoms with Gasteiger partial charge in [0.15, 0.2) is 11.6 Å². The maximum atomic E-state index is 15.6. The summed E-state index contributed by atoms with van der Waals surface area (Å²) < 4.78 is 61.4. The second-order valence-electron chi connectivity index (χ2n) is 20.0. The molecule has 1 fully saturated rings. The third kappa shape index (κ3) is 17.5. The van der Waals surface area contributed by atoms with E-state index in [4.69, 9.17) is 66.1 Å². The van der Waals surface area contributed by atoms with E-state index in [2.05, 4.69) is 100.0 Å². The third-order valence-electron chi connectivity index (χ3n) is 13.3. The Kier molecular flexibility index (Phi) is 24.0. The van der Waals surface area contributed by atoms with Crippen LogP contribution in [-0.2, 0) is 44.5 Å². The number of nitrogens with zero attached hydrogens (tertiary/aromatic N) is 7. The summed E-state index contributed by atoms with van der Waals surface area (Å²) in [6.45, 7) is 9.20. The van der Waals surface area contributed by atoms with Crippen LogP contribution in [0.1, 0.15) is 49.5 Å². The van der Waals surface area contributed by atoms with Gasteiger partial charge in [0, 0.05) is 39.0 Å². The molecule has 0 spiro atoms. The monoisotopic (exact) mass is 1510 g/mol. The third-order valence-corrected chi connectivity index (χ3v) is 16.7. The number of carbonyl (C=O) groups excluding carboxylic acids is 3. The molecule has 1 aliphatic rings. The van der Waals surface area contributed by atoms with E-state index in [1.807, 2.05) is 31.2 Å². The SMILES string of the molecule is CS(=O)(=O)CCn1cnc2c(F)c(Nc3ccc(Br)cc3Cl)c(C(=O)NOCCO)cc21.Cn1cnc2c(Cl)c(Nc3ccc(Br)cc3Cl)c(C(=O)NOCCO)cc21.[C-]#[N+]CCn1cnc2c(F)c(Nc3ccc(Br)cc3C)c(C(=O)NOCC3CC3)cc21. The highest BCUT2D eigenvalue weighted by Crippen LogP contribution is 2.40. The highest BCUT2D eigenvalue weighted by molar-refractivity contribution is 9.11. The molecule has 0 saturated heterocycles. The first-order valence-corrected chi connectivity index (χ1v) is 32.5. The lowest BCUT2D eigenvalue weighted by Gasteiger charge is -2.16. The number of fused-ring (bicyclic) bond motifs is 3. The van der Waals surface area contributed by atoms with Gasteiger partial charge in [-0.25, -0.2) is 55.2 Å². The van der Waals surface area contributed by atoms with E-state index < -0.39 is 39.2 Å². The van der Waals surface area contributed by atoms with Crippen molar-refractivity contribution in [1.29, 1.82) is 0 Å². The predicted octanol–water partition coefficient (Wildman–Crippen LogP) is 12.1. The Morgan fingerprint density at radius 1 is 0.656 bits per heavy atom. The molecule has 1 aliphatic carbocycles. The number of nitrogens with one attached hydrogen (secondary N) is 6. The zero-order valence-electron chi connectivity index (χ0n) is 47.7. The summed E-state index contributed by atoms with van der Waals surface area (Å²) in [5, 5.41) is 27.7. The Morgan fingerprint density at radius 2 is 1.10 bits per heavy atom. The largest absolute Gasteiger partial charge is 0.394 e. The van der Waals surface area contributed by atoms with Gasteiger partial charge in [0.05, 0.1) is 141 Å². The highest BCUT2D eigenvalue weighted by atomic mass is 79.9. The highest BCUT2D eigenvalue weighted by Gasteiger charge is 2.27. The summed E-state index contributed by atoms with van der Waals surface area (Å²) in [7, 11) is -1.47. The van der Waals surface area contributed by atoms with Crippen LogP contribution in [0, 0.1) is 31.0 Å². The number of aliphatic hydroxyl groups is 2. The van der Waals surface area contributed by atoms with Crippen LogP contribution in [0.2, 0.25) is 15.1 Å². The standard InChI is InChI=1S/C22H21BrFN5O2.C19H19BrClFN4O5S.C17H15BrCl2N4O3/c1-13-9-15(23)5-6-17(13)27-20-16(22(30)28-31-11-14-3-4-14)10-18-21(19(20)24)26-12-29(18)8-7-25-2;1-32(29,30)7-4-26-10-23-18-15(26)9-12(19(28)25-31-6-5-27)17(16(18)22)24-14-3-2-11(20)8-13(14)21;1-24-8-21-16-13(24)7-10(17(26)23-27-5-4-25)15(14(16)20)22-12-3-2-9(18)6-11(12)19/h5-6,9-10,12,14,27H,3-4,7-8,11H2,1H3,(H,28,30);2-3,8-10,24,27H,4-7H2,1H3,(H,25,28);2-3,6-8,22,25H,4-5H2,1H3,(H,23,26). The number of rotatable bonds is 23. The molecule has 1 saturated carbocycles. The first-order chi connectivity index (χ1) is 43.0. The first kappa shape index (κ1) is 68.9. The van der Waals surface area contributed by atoms with Gasteiger partial charge in [0.1, 0.15) is 26.4 Å². The van der Waals surface area contributed by atoms with Crippen LogP contribution in [0.3, 0.4) is 0 Å². The fourth-order valence-electron chi connectivity index (χ4n) is 8.57. The lowest BCUT2D eigenvalue weighted by molar-refractivity contribution is 0.0166. The van der Waals surface area contributed by atoms with Gasteiger partial charge in [0.2, 0.25) is 6.54 Å². The maximum absolute atomic E-state index is 15.6. The lowest BCUT2D eigenvalue weighted by atomic mass is 10.1. The predicted molar refractivity (Wildman–Crippen MR) is 350 cm³/mol. The summed E-state index contributed by atoms with van der Waals surface area (Å²) in [6, 6.07) is 20.3. The van der Waals surface area contributed by atoms with E-state index in [1.54, 1.807) is 65.0 Å². The molecule has 8 N–H and O–H groups in total. The molecule has 0 radical (unpaired) electrons. The van der Waals surface area contributed by atoms with Crippen molar-refractivity contribution in [2.45, 2.75) is 32.9 Å². The number of anilines is 6. The van der Waals surface area contributed by atoms with E-state index in [0.29, 0.717) is 67.9 Å². The van der Waals surface area contributed by atoms with Crippen molar-refractivity contribution in [1.82, 2.24) is 45.1 Å². The number of carbonyl (C=O) groups is 3. The normalized spacial score (nSPS) is 12.0. The minimum Gasteiger partial charge on any atom is -0.394 e. The quantitative estimate of drug-likeness (QED) is 0.0168. The Hall–Kier alpha value is -7.05. The van der Waals surface area contributed by atoms with Gasteiger partial charge in [-0.3, -0.25) is 28.9 Å². The second-order valence-corrected chi connectivity index (χ2v) is 26.2. The van der Waals surface area contributed by atoms with E-state index in [-0.39, 0.29) is 99.9 Å². The first-order valence-electron chi connectivity index (χ1n) is 26.9. The van der Waals surface area contributed by atoms with Gasteiger partial charge in [-0.15, -0.1) is 0 Å². The van der Waals surface area contributed by atoms with Gasteiger partial charge in [-0.2, -0.15) is 0 Å². The fourth-order valence-corrected chi connectivity index (χ4v) is 11.3. The number of hydrogen-bond acceptors (Lipinski definition) is 16. The van der Waals surface area contributed by atoms with Gasteiger partial charge in [-0.05, 0) is 104 Å². The van der Waals surface area contributed by atoms with Crippen molar-refractivity contribution >= 4 is 177 Å². The van der Waals surface area contributed by atoms with Crippen molar-refractivity contribution in [3.63, 3.8) is 0 Å². The maximum Gasteiger partial charge on any atom is 0.277 e. The topological polar surface area (TPSA) is 284 Å². The Morgan fingerprint density at radius 3 is 1.58 bits per heavy atom. The van der Waals surface area contributed by atoms with Crippen LogP contribution in [0.15, 0.2) is 105 Å². The second kappa shape index (κ2) is 31.3. The van der Waals surface area contributed by atoms with E-state index >= 15 is 8.78 Å². The Balaban J connectivity index is 0.000000175. The van der Waals surface area contributed by atoms with Crippen LogP contribution in [0.5, 0.6) is 0 Å². The molecule has 23 nitrogen and oxygen atoms in total. The molecule has 0 bridgehead atoms. The van der Waals surface area contributed by atoms with Gasteiger partial charge >= 0.3 is 0 Å². The molecule has 10 rings (SSSR count). The van der Waals surface area contributed by atoms with Gasteiger partial charge < -0.3 is 44.7 Å². The molecule has 0 unspecified atom stereocenters. The number of halogens is 8. The summed E-state index contributed by atoms with van der Waals surface area (Å²) >= 11 is 29.1. The van der Waals surface area contributed by atoms with Crippen molar-refractivity contribution in [2.24, 2.45) is 13.0 Å². The molecule has 474 valence electrons. The average Bonchev–Trinajstić information content (AvgIpc) is 1.61. The molecule has 6 aromatic carbocycles. The molecule has 3 aromatic heterocycles. The van der Waals surface area contributed by atoms with Crippen molar-refractivity contribution in [3.8, 4) is 0 Å². The molecular formula is C58H55Br3Cl3F2N13O10S. The molecule has 0 atom stereocenters. The Bertz CT molecular complexity index is 4320. The molecule has 3 heterocycles. The van der Waals surface area contributed by atoms with Crippen LogP contribution >= 0.6 is 82.6 Å². The van der Waals surface area contributed by atoms with E-state index in [1.165, 1.54) is 23.3 Å². The molecule has 32 heteroatoms. The summed E-state index contributed by atoms with van der Waals surface area (Å²) in [5.74, 6) is -3.03. The van der Waals surface area contributed by atoms with Crippen molar-refractivity contribution in [2.75, 3.05) is 67.5 Å². The zero-order chi connectivity index (χ0) is 65.0. The number of imidazole rings is 3. The zero-order valence-corrected chi connectivity index (χ0v) is 55.6. The molecule has 9 aromatic rings. The van der Waals surface area contributed by atoms with Crippen LogP contribution in [0.4, 0.5) is 42.9 Å². The number of aliphatic hydroxyl groups excluding tert-OH is 2. The van der Waals surface area contributed by atoms with Crippen molar-refractivity contribution in [3.05, 3.63) is 166 Å². The molecule has 0 aliphatic heterocycles. The smallest absolute Gasteiger partial charge is 0.277 e. The number of hydrogen-bond donors (Lipinski definition) is 8. The molecule has 90 heavy (non-hydrogen) atoms. The fraction of sp³-hybridized carbons (Fsp3) is 0.259. The minimum absolute atomic E-state index is 0.0286. The van der Waals surface area contributed by atoms with Crippen molar-refractivity contribution < 1.29 is 56.3 Å². The van der Waals surface area contributed by atoms with E-state index in [0.717, 1.165) is 33.6 Å². The number of hydroxylamine groups is 3. The lowest BCUT2D eigenvalue weighted by Crippen LogP contribution is -2.26. The number of amides is 3. The number of aromatic nitrogens is 6. The van der Waals surface area contributed by atoms with Crippen LogP contribution in [0.25, 0.3) is 37.9 Å². The number of sulfone groups is 1. The van der Waals surface area contributed by atoms with Crippen LogP contribution in [-0.4, -0.2) is 117 Å². The summed E-state index contributed by atoms with van der Waals surface area (Å²) in [5.41, 5.74) is 11.7. The van der Waals surface area contributed by atoms with E-state index in [9.17, 15) is 22.8 Å².